The van der Waals surface area contributed by atoms with E-state index < -0.39 is 0 Å². The summed E-state index contributed by atoms with van der Waals surface area (Å²) in [5.41, 5.74) is 0.597. The summed E-state index contributed by atoms with van der Waals surface area (Å²) in [4.78, 5) is 23.7. The van der Waals surface area contributed by atoms with Gasteiger partial charge in [-0.2, -0.15) is 4.98 Å². The van der Waals surface area contributed by atoms with Crippen molar-refractivity contribution in [3.63, 3.8) is 0 Å². The largest absolute Gasteiger partial charge is 0.310 e. The molecule has 0 aliphatic carbocycles. The first-order valence-electron chi connectivity index (χ1n) is 8.01. The summed E-state index contributed by atoms with van der Waals surface area (Å²) < 4.78 is 1.20. The number of hydrogen-bond acceptors (Lipinski definition) is 9. The second kappa shape index (κ2) is 6.49. The van der Waals surface area contributed by atoms with Crippen LogP contribution in [0.3, 0.4) is 0 Å². The maximum atomic E-state index is 12.5. The van der Waals surface area contributed by atoms with Crippen LogP contribution in [0.2, 0.25) is 0 Å². The molecule has 0 fully saturated rings. The van der Waals surface area contributed by atoms with Gasteiger partial charge in [0.05, 0.1) is 11.9 Å². The number of pyridine rings is 1. The van der Waals surface area contributed by atoms with E-state index in [1.807, 2.05) is 11.0 Å². The fourth-order valence-corrected chi connectivity index (χ4v) is 4.53. The van der Waals surface area contributed by atoms with E-state index in [0.29, 0.717) is 27.7 Å². The van der Waals surface area contributed by atoms with Gasteiger partial charge in [-0.3, -0.25) is 4.79 Å². The zero-order valence-corrected chi connectivity index (χ0v) is 15.4. The monoisotopic (exact) mass is 393 g/mol. The summed E-state index contributed by atoms with van der Waals surface area (Å²) in [6.45, 7) is 0.351. The maximum Gasteiger partial charge on any atom is 0.282 e. The van der Waals surface area contributed by atoms with Crippen LogP contribution in [0.5, 0.6) is 0 Å². The zero-order chi connectivity index (χ0) is 18.2. The number of thiophene rings is 1. The molecule has 4 aromatic heterocycles. The highest BCUT2D eigenvalue weighted by Crippen LogP contribution is 2.33. The van der Waals surface area contributed by atoms with Gasteiger partial charge in [-0.1, -0.05) is 11.3 Å². The molecule has 27 heavy (non-hydrogen) atoms. The number of aromatic amines is 1. The van der Waals surface area contributed by atoms with Crippen LogP contribution in [0.25, 0.3) is 20.3 Å². The number of H-pyrrole nitrogens is 1. The predicted octanol–water partition coefficient (Wildman–Crippen LogP) is 3.12. The molecular formula is C17H11N7OS2. The number of benzene rings is 1. The Bertz CT molecular complexity index is 1300. The van der Waals surface area contributed by atoms with E-state index >= 15 is 0 Å². The third kappa shape index (κ3) is 2.94. The molecule has 0 atom stereocenters. The Kier molecular flexibility index (Phi) is 3.84. The van der Waals surface area contributed by atoms with Crippen LogP contribution in [0.1, 0.15) is 5.82 Å². The summed E-state index contributed by atoms with van der Waals surface area (Å²) in [6.07, 6.45) is 1.67. The Morgan fingerprint density at radius 3 is 3.04 bits per heavy atom. The van der Waals surface area contributed by atoms with Crippen LogP contribution in [0.4, 0.5) is 10.8 Å². The first-order chi connectivity index (χ1) is 13.3. The van der Waals surface area contributed by atoms with Crippen LogP contribution in [0, 0.1) is 0 Å². The van der Waals surface area contributed by atoms with Crippen LogP contribution >= 0.6 is 22.7 Å². The Hall–Kier alpha value is -3.24. The van der Waals surface area contributed by atoms with Gasteiger partial charge >= 0.3 is 0 Å². The van der Waals surface area contributed by atoms with Crippen molar-refractivity contribution in [1.82, 2.24) is 30.6 Å². The smallest absolute Gasteiger partial charge is 0.282 e. The minimum atomic E-state index is -0.302. The molecule has 10 heteroatoms. The minimum absolute atomic E-state index is 0.302. The maximum absolute atomic E-state index is 12.5. The van der Waals surface area contributed by atoms with Crippen molar-refractivity contribution in [2.24, 2.45) is 0 Å². The molecule has 5 rings (SSSR count). The first-order valence-corrected chi connectivity index (χ1v) is 9.71. The summed E-state index contributed by atoms with van der Waals surface area (Å²) in [7, 11) is 0. The molecule has 0 bridgehead atoms. The number of tetrazole rings is 1. The summed E-state index contributed by atoms with van der Waals surface area (Å²) in [5, 5.41) is 18.2. The number of hydrogen-bond donors (Lipinski definition) is 1. The van der Waals surface area contributed by atoms with Gasteiger partial charge in [-0.05, 0) is 57.6 Å². The van der Waals surface area contributed by atoms with Gasteiger partial charge in [-0.15, -0.1) is 16.4 Å². The van der Waals surface area contributed by atoms with Crippen molar-refractivity contribution in [2.75, 3.05) is 4.90 Å². The Labute approximate surface area is 160 Å². The SMILES string of the molecule is O=c1nc(N(Cc2nnn[nH]2)c2ccc3sccc3c2)sc2ncccc12. The van der Waals surface area contributed by atoms with Crippen LogP contribution in [-0.4, -0.2) is 30.6 Å². The standard InChI is InChI=1S/C17H11N7OS2/c25-15-12-2-1-6-18-16(12)27-17(19-15)24(9-14-20-22-23-21-14)11-3-4-13-10(8-11)5-7-26-13/h1-8H,9H2,(H,20,21,22,23). The Morgan fingerprint density at radius 1 is 1.19 bits per heavy atom. The number of fused-ring (bicyclic) bond motifs is 2. The highest BCUT2D eigenvalue weighted by molar-refractivity contribution is 7.21. The fraction of sp³-hybridized carbons (Fsp3) is 0.0588. The molecule has 0 aliphatic heterocycles. The van der Waals surface area contributed by atoms with Gasteiger partial charge in [0.15, 0.2) is 11.0 Å². The molecule has 0 saturated carbocycles. The topological polar surface area (TPSA) is 101 Å². The average molecular weight is 393 g/mol. The van der Waals surface area contributed by atoms with Gasteiger partial charge in [0, 0.05) is 16.6 Å². The van der Waals surface area contributed by atoms with E-state index in [2.05, 4.69) is 54.2 Å². The molecule has 0 radical (unpaired) electrons. The molecule has 1 N–H and O–H groups in total. The number of nitrogens with one attached hydrogen (secondary N) is 1. The van der Waals surface area contributed by atoms with Gasteiger partial charge in [0.1, 0.15) is 4.83 Å². The van der Waals surface area contributed by atoms with E-state index in [1.54, 1.807) is 29.7 Å². The summed E-state index contributed by atoms with van der Waals surface area (Å²) in [5.74, 6) is 0.572. The van der Waals surface area contributed by atoms with Crippen molar-refractivity contribution in [3.8, 4) is 0 Å². The molecule has 5 aromatic rings. The van der Waals surface area contributed by atoms with E-state index in [1.165, 1.54) is 16.0 Å². The molecule has 132 valence electrons. The highest BCUT2D eigenvalue weighted by Gasteiger charge is 2.17. The summed E-state index contributed by atoms with van der Waals surface area (Å²) in [6, 6.07) is 11.7. The number of anilines is 2. The zero-order valence-electron chi connectivity index (χ0n) is 13.7. The molecular weight excluding hydrogens is 382 g/mol. The molecule has 0 amide bonds. The molecule has 4 heterocycles. The number of rotatable bonds is 4. The molecule has 8 nitrogen and oxygen atoms in total. The average Bonchev–Trinajstić information content (AvgIpc) is 3.37. The van der Waals surface area contributed by atoms with Crippen molar-refractivity contribution in [3.05, 3.63) is 64.2 Å². The molecule has 0 saturated heterocycles. The van der Waals surface area contributed by atoms with Gasteiger partial charge in [0.25, 0.3) is 5.56 Å². The second-order valence-electron chi connectivity index (χ2n) is 5.73. The number of aromatic nitrogens is 6. The molecule has 0 unspecified atom stereocenters. The lowest BCUT2D eigenvalue weighted by Gasteiger charge is -2.21. The van der Waals surface area contributed by atoms with E-state index in [0.717, 1.165) is 11.1 Å². The third-order valence-electron chi connectivity index (χ3n) is 4.06. The lowest BCUT2D eigenvalue weighted by atomic mass is 10.2. The van der Waals surface area contributed by atoms with Gasteiger partial charge < -0.3 is 4.90 Å². The van der Waals surface area contributed by atoms with Crippen molar-refractivity contribution < 1.29 is 0 Å². The quantitative estimate of drug-likeness (QED) is 0.501. The lowest BCUT2D eigenvalue weighted by Crippen LogP contribution is -2.21. The molecule has 0 aliphatic rings. The van der Waals surface area contributed by atoms with Crippen LogP contribution < -0.4 is 10.5 Å². The van der Waals surface area contributed by atoms with Crippen molar-refractivity contribution >= 4 is 53.8 Å². The highest BCUT2D eigenvalue weighted by atomic mass is 32.1. The summed E-state index contributed by atoms with van der Waals surface area (Å²) >= 11 is 3.04. The van der Waals surface area contributed by atoms with Crippen LogP contribution in [0.15, 0.2) is 52.8 Å². The Balaban J connectivity index is 1.68. The second-order valence-corrected chi connectivity index (χ2v) is 7.64. The van der Waals surface area contributed by atoms with E-state index in [4.69, 9.17) is 0 Å². The lowest BCUT2D eigenvalue weighted by molar-refractivity contribution is 0.869. The normalized spacial score (nSPS) is 11.3. The Morgan fingerprint density at radius 2 is 2.15 bits per heavy atom. The number of nitrogens with zero attached hydrogens (tertiary/aromatic N) is 6. The minimum Gasteiger partial charge on any atom is -0.310 e. The van der Waals surface area contributed by atoms with Crippen LogP contribution in [-0.2, 0) is 6.54 Å². The van der Waals surface area contributed by atoms with Gasteiger partial charge in [0.2, 0.25) is 0 Å². The van der Waals surface area contributed by atoms with E-state index in [-0.39, 0.29) is 5.56 Å². The molecule has 0 spiro atoms. The first kappa shape index (κ1) is 16.0. The van der Waals surface area contributed by atoms with E-state index in [9.17, 15) is 4.79 Å². The fourth-order valence-electron chi connectivity index (χ4n) is 2.79. The van der Waals surface area contributed by atoms with Crippen molar-refractivity contribution in [2.45, 2.75) is 6.54 Å². The third-order valence-corrected chi connectivity index (χ3v) is 5.97. The molecule has 1 aromatic carbocycles. The van der Waals surface area contributed by atoms with Gasteiger partial charge in [-0.25, -0.2) is 10.1 Å². The van der Waals surface area contributed by atoms with Crippen molar-refractivity contribution in [1.29, 1.82) is 0 Å². The predicted molar refractivity (Wildman–Crippen MR) is 106 cm³/mol.